The molecule has 1 heterocycles. The van der Waals surface area contributed by atoms with Gasteiger partial charge in [-0.1, -0.05) is 0 Å². The van der Waals surface area contributed by atoms with E-state index in [9.17, 15) is 10.1 Å². The zero-order valence-electron chi connectivity index (χ0n) is 10.3. The van der Waals surface area contributed by atoms with Crippen molar-refractivity contribution in [3.63, 3.8) is 0 Å². The maximum Gasteiger partial charge on any atom is 0.305 e. The molecule has 7 heteroatoms. The maximum atomic E-state index is 10.5. The molecule has 98 valence electrons. The van der Waals surface area contributed by atoms with E-state index in [2.05, 4.69) is 9.97 Å². The summed E-state index contributed by atoms with van der Waals surface area (Å²) in [5.74, 6) is 0.529. The normalized spacial score (nSPS) is 23.7. The van der Waals surface area contributed by atoms with Gasteiger partial charge in [-0.15, -0.1) is 0 Å². The van der Waals surface area contributed by atoms with Crippen molar-refractivity contribution in [2.24, 2.45) is 5.73 Å². The highest BCUT2D eigenvalue weighted by Gasteiger charge is 2.23. The number of rotatable bonds is 3. The summed E-state index contributed by atoms with van der Waals surface area (Å²) in [6, 6.07) is 0.665. The summed E-state index contributed by atoms with van der Waals surface area (Å²) >= 11 is 0. The third-order valence-electron chi connectivity index (χ3n) is 3.44. The Hall–Kier alpha value is -1.76. The van der Waals surface area contributed by atoms with Gasteiger partial charge in [0.25, 0.3) is 0 Å². The lowest BCUT2D eigenvalue weighted by Crippen LogP contribution is -2.39. The molecule has 2 rings (SSSR count). The van der Waals surface area contributed by atoms with Crippen molar-refractivity contribution in [1.82, 2.24) is 9.97 Å². The van der Waals surface area contributed by atoms with Gasteiger partial charge in [0, 0.05) is 19.1 Å². The monoisotopic (exact) mass is 251 g/mol. The molecule has 0 amide bonds. The van der Waals surface area contributed by atoms with Gasteiger partial charge in [-0.25, -0.2) is 9.97 Å². The van der Waals surface area contributed by atoms with E-state index in [-0.39, 0.29) is 5.69 Å². The van der Waals surface area contributed by atoms with Crippen LogP contribution in [-0.2, 0) is 0 Å². The van der Waals surface area contributed by atoms with E-state index in [1.807, 2.05) is 11.9 Å². The first-order valence-corrected chi connectivity index (χ1v) is 6.03. The van der Waals surface area contributed by atoms with Crippen LogP contribution in [0.5, 0.6) is 0 Å². The molecule has 1 saturated carbocycles. The molecule has 1 aromatic heterocycles. The zero-order chi connectivity index (χ0) is 13.1. The average Bonchev–Trinajstić information content (AvgIpc) is 2.39. The highest BCUT2D eigenvalue weighted by atomic mass is 16.6. The molecule has 1 aliphatic rings. The number of hydrogen-bond donors (Lipinski definition) is 1. The van der Waals surface area contributed by atoms with Crippen LogP contribution in [0.4, 0.5) is 11.6 Å². The van der Waals surface area contributed by atoms with Crippen LogP contribution in [0.3, 0.4) is 0 Å². The Morgan fingerprint density at radius 3 is 2.39 bits per heavy atom. The first-order valence-electron chi connectivity index (χ1n) is 6.03. The van der Waals surface area contributed by atoms with Crippen LogP contribution < -0.4 is 10.6 Å². The summed E-state index contributed by atoms with van der Waals surface area (Å²) in [4.78, 5) is 20.1. The van der Waals surface area contributed by atoms with Crippen molar-refractivity contribution in [2.45, 2.75) is 37.8 Å². The van der Waals surface area contributed by atoms with Crippen molar-refractivity contribution >= 4 is 11.6 Å². The predicted octanol–water partition coefficient (Wildman–Crippen LogP) is 1.09. The second kappa shape index (κ2) is 5.26. The summed E-state index contributed by atoms with van der Waals surface area (Å²) in [6.45, 7) is 0. The van der Waals surface area contributed by atoms with Crippen LogP contribution >= 0.6 is 0 Å². The van der Waals surface area contributed by atoms with E-state index < -0.39 is 4.92 Å². The SMILES string of the molecule is CN(c1ncc([N+](=O)[O-])cn1)C1CCC(N)CC1. The quantitative estimate of drug-likeness (QED) is 0.637. The molecule has 18 heavy (non-hydrogen) atoms. The van der Waals surface area contributed by atoms with Crippen LogP contribution in [0, 0.1) is 10.1 Å². The van der Waals surface area contributed by atoms with Gasteiger partial charge in [-0.05, 0) is 25.7 Å². The minimum atomic E-state index is -0.497. The fraction of sp³-hybridized carbons (Fsp3) is 0.636. The highest BCUT2D eigenvalue weighted by molar-refractivity contribution is 5.34. The third-order valence-corrected chi connectivity index (χ3v) is 3.44. The Labute approximate surface area is 105 Å². The van der Waals surface area contributed by atoms with Gasteiger partial charge in [-0.3, -0.25) is 10.1 Å². The van der Waals surface area contributed by atoms with E-state index in [0.29, 0.717) is 18.0 Å². The molecule has 0 spiro atoms. The van der Waals surface area contributed by atoms with Crippen LogP contribution in [0.1, 0.15) is 25.7 Å². The Morgan fingerprint density at radius 1 is 1.33 bits per heavy atom. The molecule has 0 aliphatic heterocycles. The fourth-order valence-corrected chi connectivity index (χ4v) is 2.24. The maximum absolute atomic E-state index is 10.5. The Bertz CT molecular complexity index is 414. The standard InChI is InChI=1S/C11H17N5O2/c1-15(9-4-2-8(12)3-5-9)11-13-6-10(7-14-11)16(17)18/h6-9H,2-5,12H2,1H3. The van der Waals surface area contributed by atoms with E-state index in [1.165, 1.54) is 12.4 Å². The molecule has 2 N–H and O–H groups in total. The topological polar surface area (TPSA) is 98.2 Å². The molecule has 0 radical (unpaired) electrons. The van der Waals surface area contributed by atoms with Gasteiger partial charge >= 0.3 is 5.69 Å². The number of nitrogens with two attached hydrogens (primary N) is 1. The molecular formula is C11H17N5O2. The molecule has 7 nitrogen and oxygen atoms in total. The van der Waals surface area contributed by atoms with Crippen LogP contribution in [-0.4, -0.2) is 34.0 Å². The highest BCUT2D eigenvalue weighted by Crippen LogP contribution is 2.23. The van der Waals surface area contributed by atoms with Crippen LogP contribution in [0.25, 0.3) is 0 Å². The number of hydrogen-bond acceptors (Lipinski definition) is 6. The van der Waals surface area contributed by atoms with Crippen molar-refractivity contribution in [3.05, 3.63) is 22.5 Å². The second-order valence-electron chi connectivity index (χ2n) is 4.68. The first kappa shape index (κ1) is 12.7. The minimum absolute atomic E-state index is 0.0854. The van der Waals surface area contributed by atoms with Crippen molar-refractivity contribution in [2.75, 3.05) is 11.9 Å². The lowest BCUT2D eigenvalue weighted by Gasteiger charge is -2.33. The Balaban J connectivity index is 2.04. The van der Waals surface area contributed by atoms with Crippen molar-refractivity contribution in [1.29, 1.82) is 0 Å². The lowest BCUT2D eigenvalue weighted by atomic mass is 9.91. The van der Waals surface area contributed by atoms with Crippen LogP contribution in [0.15, 0.2) is 12.4 Å². The average molecular weight is 251 g/mol. The molecule has 0 saturated heterocycles. The van der Waals surface area contributed by atoms with Crippen molar-refractivity contribution in [3.8, 4) is 0 Å². The van der Waals surface area contributed by atoms with Gasteiger partial charge in [0.15, 0.2) is 0 Å². The van der Waals surface area contributed by atoms with E-state index in [4.69, 9.17) is 5.73 Å². The summed E-state index contributed by atoms with van der Waals surface area (Å²) in [6.07, 6.45) is 6.51. The summed E-state index contributed by atoms with van der Waals surface area (Å²) < 4.78 is 0. The van der Waals surface area contributed by atoms with Gasteiger partial charge in [0.1, 0.15) is 12.4 Å². The molecular weight excluding hydrogens is 234 g/mol. The molecule has 1 aromatic rings. The summed E-state index contributed by atoms with van der Waals surface area (Å²) in [7, 11) is 1.92. The van der Waals surface area contributed by atoms with Gasteiger partial charge in [0.05, 0.1) is 4.92 Å². The molecule has 1 fully saturated rings. The minimum Gasteiger partial charge on any atom is -0.341 e. The number of nitrogens with zero attached hydrogens (tertiary/aromatic N) is 4. The molecule has 1 aliphatic carbocycles. The van der Waals surface area contributed by atoms with Crippen molar-refractivity contribution < 1.29 is 4.92 Å². The van der Waals surface area contributed by atoms with Crippen LogP contribution in [0.2, 0.25) is 0 Å². The molecule has 0 unspecified atom stereocenters. The number of aromatic nitrogens is 2. The van der Waals surface area contributed by atoms with E-state index in [1.54, 1.807) is 0 Å². The zero-order valence-corrected chi connectivity index (χ0v) is 10.3. The van der Waals surface area contributed by atoms with Gasteiger partial charge in [0.2, 0.25) is 5.95 Å². The molecule has 0 atom stereocenters. The molecule has 0 aromatic carbocycles. The number of anilines is 1. The lowest BCUT2D eigenvalue weighted by molar-refractivity contribution is -0.385. The Kier molecular flexibility index (Phi) is 3.71. The Morgan fingerprint density at radius 2 is 1.89 bits per heavy atom. The summed E-state index contributed by atoms with van der Waals surface area (Å²) in [5.41, 5.74) is 5.78. The van der Waals surface area contributed by atoms with E-state index in [0.717, 1.165) is 25.7 Å². The largest absolute Gasteiger partial charge is 0.341 e. The number of nitro groups is 1. The van der Waals surface area contributed by atoms with E-state index >= 15 is 0 Å². The first-order chi connectivity index (χ1) is 8.58. The second-order valence-corrected chi connectivity index (χ2v) is 4.68. The van der Waals surface area contributed by atoms with Gasteiger partial charge < -0.3 is 10.6 Å². The third kappa shape index (κ3) is 2.73. The fourth-order valence-electron chi connectivity index (χ4n) is 2.24. The smallest absolute Gasteiger partial charge is 0.305 e. The predicted molar refractivity (Wildman–Crippen MR) is 67.3 cm³/mol. The van der Waals surface area contributed by atoms with Gasteiger partial charge in [-0.2, -0.15) is 0 Å². The molecule has 0 bridgehead atoms. The summed E-state index contributed by atoms with van der Waals surface area (Å²) in [5, 5.41) is 10.5.